The molecule has 0 aliphatic carbocycles. The summed E-state index contributed by atoms with van der Waals surface area (Å²) >= 11 is 0. The molecule has 2 heterocycles. The first-order valence-corrected chi connectivity index (χ1v) is 7.33. The van der Waals surface area contributed by atoms with Crippen molar-refractivity contribution in [3.63, 3.8) is 0 Å². The quantitative estimate of drug-likeness (QED) is 0.925. The van der Waals surface area contributed by atoms with Gasteiger partial charge in [-0.05, 0) is 49.6 Å². The topological polar surface area (TPSA) is 28.2 Å². The lowest BCUT2D eigenvalue weighted by Gasteiger charge is -2.27. The van der Waals surface area contributed by atoms with Gasteiger partial charge in [-0.3, -0.25) is 4.98 Å². The van der Waals surface area contributed by atoms with Crippen molar-refractivity contribution in [2.75, 3.05) is 18.5 Å². The maximum atomic E-state index is 4.34. The van der Waals surface area contributed by atoms with Gasteiger partial charge in [-0.2, -0.15) is 0 Å². The molecule has 1 aliphatic heterocycles. The van der Waals surface area contributed by atoms with E-state index in [1.54, 1.807) is 0 Å². The first-order chi connectivity index (χ1) is 9.90. The van der Waals surface area contributed by atoms with Crippen molar-refractivity contribution in [2.45, 2.75) is 25.8 Å². The van der Waals surface area contributed by atoms with Gasteiger partial charge < -0.3 is 10.2 Å². The van der Waals surface area contributed by atoms with Crippen LogP contribution in [0.25, 0.3) is 0 Å². The van der Waals surface area contributed by atoms with E-state index in [1.807, 2.05) is 19.4 Å². The average molecular weight is 267 g/mol. The molecule has 0 fully saturated rings. The number of para-hydroxylation sites is 1. The maximum Gasteiger partial charge on any atom is 0.0642 e. The molecule has 0 saturated carbocycles. The zero-order valence-electron chi connectivity index (χ0n) is 12.0. The molecule has 104 valence electrons. The summed E-state index contributed by atoms with van der Waals surface area (Å²) in [5.41, 5.74) is 5.33. The first-order valence-electron chi connectivity index (χ1n) is 7.33. The normalized spacial score (nSPS) is 14.8. The van der Waals surface area contributed by atoms with Gasteiger partial charge >= 0.3 is 0 Å². The van der Waals surface area contributed by atoms with Crippen LogP contribution in [0.4, 0.5) is 11.4 Å². The molecule has 3 heteroatoms. The molecule has 1 aromatic carbocycles. The van der Waals surface area contributed by atoms with Gasteiger partial charge in [0.2, 0.25) is 0 Å². The molecular weight excluding hydrogens is 246 g/mol. The molecular formula is C17H21N3. The fourth-order valence-electron chi connectivity index (χ4n) is 2.94. The monoisotopic (exact) mass is 267 g/mol. The van der Waals surface area contributed by atoms with E-state index in [2.05, 4.69) is 45.5 Å². The third-order valence-corrected chi connectivity index (χ3v) is 3.91. The second-order valence-electron chi connectivity index (χ2n) is 5.27. The zero-order chi connectivity index (χ0) is 13.8. The maximum absolute atomic E-state index is 4.34. The summed E-state index contributed by atoms with van der Waals surface area (Å²) in [6.45, 7) is 1.94. The number of aryl methyl sites for hydroxylation is 1. The minimum atomic E-state index is 0.872. The molecule has 3 rings (SSSR count). The lowest BCUT2D eigenvalue weighted by atomic mass is 10.1. The highest BCUT2D eigenvalue weighted by Gasteiger charge is 2.18. The highest BCUT2D eigenvalue weighted by atomic mass is 15.1. The van der Waals surface area contributed by atoms with E-state index in [-0.39, 0.29) is 0 Å². The summed E-state index contributed by atoms with van der Waals surface area (Å²) in [4.78, 5) is 6.77. The molecule has 20 heavy (non-hydrogen) atoms. The Kier molecular flexibility index (Phi) is 3.97. The fourth-order valence-corrected chi connectivity index (χ4v) is 2.94. The second-order valence-corrected chi connectivity index (χ2v) is 5.27. The van der Waals surface area contributed by atoms with Crippen LogP contribution < -0.4 is 10.2 Å². The zero-order valence-corrected chi connectivity index (χ0v) is 12.0. The summed E-state index contributed by atoms with van der Waals surface area (Å²) in [6.07, 6.45) is 7.53. The molecule has 0 saturated heterocycles. The summed E-state index contributed by atoms with van der Waals surface area (Å²) < 4.78 is 0. The number of rotatable bonds is 3. The van der Waals surface area contributed by atoms with E-state index >= 15 is 0 Å². The van der Waals surface area contributed by atoms with Crippen LogP contribution in [-0.4, -0.2) is 18.6 Å². The summed E-state index contributed by atoms with van der Waals surface area (Å²) in [6, 6.07) is 10.9. The van der Waals surface area contributed by atoms with Crippen molar-refractivity contribution in [3.8, 4) is 0 Å². The van der Waals surface area contributed by atoms with Gasteiger partial charge in [-0.15, -0.1) is 0 Å². The fraction of sp³-hybridized carbons (Fsp3) is 0.353. The number of aromatic nitrogens is 1. The van der Waals surface area contributed by atoms with Crippen LogP contribution in [0, 0.1) is 0 Å². The van der Waals surface area contributed by atoms with Gasteiger partial charge in [-0.1, -0.05) is 18.2 Å². The van der Waals surface area contributed by atoms with Crippen molar-refractivity contribution in [1.82, 2.24) is 10.3 Å². The Labute approximate surface area is 120 Å². The van der Waals surface area contributed by atoms with Crippen LogP contribution in [0.5, 0.6) is 0 Å². The Bertz CT molecular complexity index is 580. The Morgan fingerprint density at radius 3 is 2.95 bits per heavy atom. The van der Waals surface area contributed by atoms with E-state index in [0.29, 0.717) is 0 Å². The minimum Gasteiger partial charge on any atom is -0.340 e. The van der Waals surface area contributed by atoms with Gasteiger partial charge in [0.05, 0.1) is 11.9 Å². The van der Waals surface area contributed by atoms with Crippen molar-refractivity contribution in [2.24, 2.45) is 0 Å². The second kappa shape index (κ2) is 6.06. The number of nitrogens with one attached hydrogen (secondary N) is 1. The van der Waals surface area contributed by atoms with E-state index in [4.69, 9.17) is 0 Å². The Morgan fingerprint density at radius 2 is 2.05 bits per heavy atom. The van der Waals surface area contributed by atoms with Crippen LogP contribution >= 0.6 is 0 Å². The standard InChI is InChI=1S/C17H21N3/c1-18-12-15-9-10-19-13-17(15)20-11-5-4-7-14-6-2-3-8-16(14)20/h2-3,6,8-10,13,18H,4-5,7,11-12H2,1H3. The minimum absolute atomic E-state index is 0.872. The van der Waals surface area contributed by atoms with Crippen molar-refractivity contribution in [1.29, 1.82) is 0 Å². The summed E-state index contributed by atoms with van der Waals surface area (Å²) in [7, 11) is 1.99. The summed E-state index contributed by atoms with van der Waals surface area (Å²) in [5.74, 6) is 0. The van der Waals surface area contributed by atoms with Gasteiger partial charge in [0, 0.05) is 25.0 Å². The largest absolute Gasteiger partial charge is 0.340 e. The highest BCUT2D eigenvalue weighted by molar-refractivity contribution is 5.68. The Hall–Kier alpha value is -1.87. The third-order valence-electron chi connectivity index (χ3n) is 3.91. The molecule has 0 spiro atoms. The van der Waals surface area contributed by atoms with Crippen molar-refractivity contribution >= 4 is 11.4 Å². The predicted octanol–water partition coefficient (Wildman–Crippen LogP) is 3.28. The molecule has 1 aliphatic rings. The smallest absolute Gasteiger partial charge is 0.0642 e. The van der Waals surface area contributed by atoms with Gasteiger partial charge in [0.15, 0.2) is 0 Å². The number of nitrogens with zero attached hydrogens (tertiary/aromatic N) is 2. The average Bonchev–Trinajstić information content (AvgIpc) is 2.71. The molecule has 0 amide bonds. The van der Waals surface area contributed by atoms with Gasteiger partial charge in [0.25, 0.3) is 0 Å². The lowest BCUT2D eigenvalue weighted by Crippen LogP contribution is -2.21. The molecule has 0 unspecified atom stereocenters. The predicted molar refractivity (Wildman–Crippen MR) is 83.4 cm³/mol. The van der Waals surface area contributed by atoms with Crippen LogP contribution in [0.2, 0.25) is 0 Å². The van der Waals surface area contributed by atoms with E-state index in [9.17, 15) is 0 Å². The van der Waals surface area contributed by atoms with Crippen molar-refractivity contribution < 1.29 is 0 Å². The van der Waals surface area contributed by atoms with E-state index in [1.165, 1.54) is 41.8 Å². The number of anilines is 2. The van der Waals surface area contributed by atoms with E-state index in [0.717, 1.165) is 13.1 Å². The summed E-state index contributed by atoms with van der Waals surface area (Å²) in [5, 5.41) is 3.25. The van der Waals surface area contributed by atoms with Crippen LogP contribution in [0.1, 0.15) is 24.0 Å². The first kappa shape index (κ1) is 13.1. The molecule has 2 aromatic rings. The SMILES string of the molecule is CNCc1ccncc1N1CCCCc2ccccc21. The van der Waals surface area contributed by atoms with Crippen LogP contribution in [0.15, 0.2) is 42.7 Å². The van der Waals surface area contributed by atoms with Gasteiger partial charge in [-0.25, -0.2) is 0 Å². The number of hydrogen-bond acceptors (Lipinski definition) is 3. The highest BCUT2D eigenvalue weighted by Crippen LogP contribution is 2.33. The number of pyridine rings is 1. The van der Waals surface area contributed by atoms with E-state index < -0.39 is 0 Å². The number of hydrogen-bond donors (Lipinski definition) is 1. The molecule has 1 N–H and O–H groups in total. The molecule has 3 nitrogen and oxygen atoms in total. The Morgan fingerprint density at radius 1 is 1.15 bits per heavy atom. The number of benzene rings is 1. The van der Waals surface area contributed by atoms with Gasteiger partial charge in [0.1, 0.15) is 0 Å². The van der Waals surface area contributed by atoms with Crippen molar-refractivity contribution in [3.05, 3.63) is 53.9 Å². The van der Waals surface area contributed by atoms with Crippen LogP contribution in [0.3, 0.4) is 0 Å². The molecule has 1 aromatic heterocycles. The third kappa shape index (κ3) is 2.54. The van der Waals surface area contributed by atoms with Crippen LogP contribution in [-0.2, 0) is 13.0 Å². The lowest BCUT2D eigenvalue weighted by molar-refractivity contribution is 0.754. The number of fused-ring (bicyclic) bond motifs is 1. The molecule has 0 radical (unpaired) electrons. The molecule has 0 atom stereocenters. The Balaban J connectivity index is 2.05. The molecule has 0 bridgehead atoms.